The van der Waals surface area contributed by atoms with E-state index in [-0.39, 0.29) is 30.4 Å². The van der Waals surface area contributed by atoms with E-state index in [0.29, 0.717) is 24.4 Å². The zero-order valence-electron chi connectivity index (χ0n) is 15.1. The largest absolute Gasteiger partial charge is 0.342 e. The van der Waals surface area contributed by atoms with Crippen molar-refractivity contribution in [2.45, 2.75) is 62.4 Å². The monoisotopic (exact) mass is 401 g/mol. The molecule has 0 saturated heterocycles. The predicted molar refractivity (Wildman–Crippen MR) is 104 cm³/mol. The maximum absolute atomic E-state index is 12.7. The number of nitrogens with two attached hydrogens (primary N) is 1. The van der Waals surface area contributed by atoms with Crippen LogP contribution in [0.1, 0.15) is 43.7 Å². The number of sulfonamides is 1. The molecule has 1 amide bonds. The van der Waals surface area contributed by atoms with Gasteiger partial charge in [0.2, 0.25) is 15.9 Å². The zero-order valence-corrected chi connectivity index (χ0v) is 16.7. The number of rotatable bonds is 3. The third-order valence-electron chi connectivity index (χ3n) is 5.33. The van der Waals surface area contributed by atoms with Crippen LogP contribution in [0.2, 0.25) is 0 Å². The highest BCUT2D eigenvalue weighted by Crippen LogP contribution is 2.23. The number of benzene rings is 1. The lowest BCUT2D eigenvalue weighted by atomic mass is 9.93. The van der Waals surface area contributed by atoms with Crippen molar-refractivity contribution in [2.75, 3.05) is 13.1 Å². The second-order valence-electron chi connectivity index (χ2n) is 7.17. The summed E-state index contributed by atoms with van der Waals surface area (Å²) in [5.41, 5.74) is 8.05. The quantitative estimate of drug-likeness (QED) is 0.804. The number of halogens is 1. The number of carbonyl (C=O) groups is 1. The Morgan fingerprint density at radius 3 is 2.35 bits per heavy atom. The van der Waals surface area contributed by atoms with Gasteiger partial charge in [0, 0.05) is 32.1 Å². The van der Waals surface area contributed by atoms with Crippen LogP contribution in [0.4, 0.5) is 0 Å². The Bertz CT molecular complexity index is 746. The Morgan fingerprint density at radius 2 is 1.73 bits per heavy atom. The zero-order chi connectivity index (χ0) is 18.0. The molecule has 0 spiro atoms. The molecule has 0 radical (unpaired) electrons. The van der Waals surface area contributed by atoms with E-state index >= 15 is 0 Å². The average molecular weight is 402 g/mol. The minimum Gasteiger partial charge on any atom is -0.342 e. The number of carbonyl (C=O) groups excluding carboxylic acids is 1. The van der Waals surface area contributed by atoms with Crippen molar-refractivity contribution in [3.8, 4) is 0 Å². The average Bonchev–Trinajstić information content (AvgIpc) is 2.79. The SMILES string of the molecule is CC(=O)N1CCc2ccc(S(=O)(=O)NC3CCC(N)CC3)cc2CC1.Cl. The van der Waals surface area contributed by atoms with Gasteiger partial charge in [-0.15, -0.1) is 12.4 Å². The summed E-state index contributed by atoms with van der Waals surface area (Å²) in [4.78, 5) is 13.7. The Kier molecular flexibility index (Phi) is 7.07. The molecule has 0 bridgehead atoms. The minimum atomic E-state index is -3.52. The van der Waals surface area contributed by atoms with Gasteiger partial charge < -0.3 is 10.6 Å². The van der Waals surface area contributed by atoms with Gasteiger partial charge in [0.15, 0.2) is 0 Å². The molecular weight excluding hydrogens is 374 g/mol. The number of hydrogen-bond donors (Lipinski definition) is 2. The third-order valence-corrected chi connectivity index (χ3v) is 6.85. The molecule has 1 saturated carbocycles. The predicted octanol–water partition coefficient (Wildman–Crippen LogP) is 1.60. The normalized spacial score (nSPS) is 23.5. The molecule has 1 heterocycles. The van der Waals surface area contributed by atoms with E-state index in [1.807, 2.05) is 11.0 Å². The van der Waals surface area contributed by atoms with Gasteiger partial charge in [0.25, 0.3) is 0 Å². The number of amides is 1. The topological polar surface area (TPSA) is 92.5 Å². The van der Waals surface area contributed by atoms with Crippen molar-refractivity contribution in [3.63, 3.8) is 0 Å². The summed E-state index contributed by atoms with van der Waals surface area (Å²) in [6, 6.07) is 5.51. The highest BCUT2D eigenvalue weighted by atomic mass is 35.5. The van der Waals surface area contributed by atoms with Gasteiger partial charge in [-0.25, -0.2) is 13.1 Å². The molecule has 8 heteroatoms. The highest BCUT2D eigenvalue weighted by Gasteiger charge is 2.25. The Labute approximate surface area is 162 Å². The van der Waals surface area contributed by atoms with Crippen LogP contribution < -0.4 is 10.5 Å². The molecule has 3 N–H and O–H groups in total. The molecule has 146 valence electrons. The van der Waals surface area contributed by atoms with Gasteiger partial charge in [0.1, 0.15) is 0 Å². The van der Waals surface area contributed by atoms with Crippen molar-refractivity contribution < 1.29 is 13.2 Å². The van der Waals surface area contributed by atoms with Crippen molar-refractivity contribution in [1.29, 1.82) is 0 Å². The first-order valence-corrected chi connectivity index (χ1v) is 10.5. The molecule has 0 atom stereocenters. The summed E-state index contributed by atoms with van der Waals surface area (Å²) in [6.45, 7) is 2.90. The van der Waals surface area contributed by atoms with Gasteiger partial charge in [0.05, 0.1) is 4.90 Å². The molecule has 1 aromatic carbocycles. The van der Waals surface area contributed by atoms with Crippen molar-refractivity contribution in [2.24, 2.45) is 5.73 Å². The fourth-order valence-electron chi connectivity index (χ4n) is 3.71. The fourth-order valence-corrected chi connectivity index (χ4v) is 5.06. The van der Waals surface area contributed by atoms with Gasteiger partial charge in [-0.2, -0.15) is 0 Å². The molecule has 2 aliphatic rings. The van der Waals surface area contributed by atoms with Crippen LogP contribution in [0, 0.1) is 0 Å². The van der Waals surface area contributed by atoms with Crippen LogP contribution in [0.25, 0.3) is 0 Å². The lowest BCUT2D eigenvalue weighted by molar-refractivity contribution is -0.128. The number of nitrogens with zero attached hydrogens (tertiary/aromatic N) is 1. The summed E-state index contributed by atoms with van der Waals surface area (Å²) in [7, 11) is -3.52. The molecule has 1 aliphatic carbocycles. The van der Waals surface area contributed by atoms with Crippen molar-refractivity contribution >= 4 is 28.3 Å². The molecule has 0 unspecified atom stereocenters. The molecule has 6 nitrogen and oxygen atoms in total. The van der Waals surface area contributed by atoms with E-state index in [4.69, 9.17) is 5.73 Å². The molecular formula is C18H28ClN3O3S. The lowest BCUT2D eigenvalue weighted by Gasteiger charge is -2.26. The number of hydrogen-bond acceptors (Lipinski definition) is 4. The highest BCUT2D eigenvalue weighted by molar-refractivity contribution is 7.89. The third kappa shape index (κ3) is 4.97. The van der Waals surface area contributed by atoms with Crippen molar-refractivity contribution in [3.05, 3.63) is 29.3 Å². The fraction of sp³-hybridized carbons (Fsp3) is 0.611. The maximum Gasteiger partial charge on any atom is 0.240 e. The first-order valence-electron chi connectivity index (χ1n) is 9.00. The second kappa shape index (κ2) is 8.69. The van der Waals surface area contributed by atoms with Gasteiger partial charge in [-0.3, -0.25) is 4.79 Å². The van der Waals surface area contributed by atoms with Crippen LogP contribution in [0.3, 0.4) is 0 Å². The van der Waals surface area contributed by atoms with Crippen molar-refractivity contribution in [1.82, 2.24) is 9.62 Å². The summed E-state index contributed by atoms with van der Waals surface area (Å²) < 4.78 is 28.3. The van der Waals surface area contributed by atoms with Gasteiger partial charge >= 0.3 is 0 Å². The van der Waals surface area contributed by atoms with Crippen LogP contribution in [0.15, 0.2) is 23.1 Å². The van der Waals surface area contributed by atoms with E-state index in [9.17, 15) is 13.2 Å². The lowest BCUT2D eigenvalue weighted by Crippen LogP contribution is -2.40. The van der Waals surface area contributed by atoms with Crippen LogP contribution >= 0.6 is 12.4 Å². The molecule has 0 aromatic heterocycles. The summed E-state index contributed by atoms with van der Waals surface area (Å²) in [5.74, 6) is 0.0674. The molecule has 26 heavy (non-hydrogen) atoms. The second-order valence-corrected chi connectivity index (χ2v) is 8.88. The Hall–Kier alpha value is -1.15. The van der Waals surface area contributed by atoms with E-state index in [0.717, 1.165) is 43.2 Å². The van der Waals surface area contributed by atoms with E-state index in [2.05, 4.69) is 4.72 Å². The van der Waals surface area contributed by atoms with E-state index in [1.165, 1.54) is 0 Å². The Balaban J connectivity index is 0.00000243. The van der Waals surface area contributed by atoms with Crippen LogP contribution in [0.5, 0.6) is 0 Å². The first kappa shape index (κ1) is 21.2. The summed E-state index contributed by atoms with van der Waals surface area (Å²) in [5, 5.41) is 0. The van der Waals surface area contributed by atoms with Gasteiger partial charge in [-0.1, -0.05) is 6.07 Å². The number of nitrogens with one attached hydrogen (secondary N) is 1. The molecule has 1 aliphatic heterocycles. The summed E-state index contributed by atoms with van der Waals surface area (Å²) in [6.07, 6.45) is 4.76. The van der Waals surface area contributed by atoms with E-state index < -0.39 is 10.0 Å². The minimum absolute atomic E-state index is 0. The maximum atomic E-state index is 12.7. The first-order chi connectivity index (χ1) is 11.8. The smallest absolute Gasteiger partial charge is 0.240 e. The molecule has 1 fully saturated rings. The Morgan fingerprint density at radius 1 is 1.12 bits per heavy atom. The van der Waals surface area contributed by atoms with Crippen LogP contribution in [-0.4, -0.2) is 44.4 Å². The molecule has 1 aromatic rings. The van der Waals surface area contributed by atoms with Gasteiger partial charge in [-0.05, 0) is 61.8 Å². The molecule has 3 rings (SSSR count). The van der Waals surface area contributed by atoms with Crippen LogP contribution in [-0.2, 0) is 27.7 Å². The summed E-state index contributed by atoms with van der Waals surface area (Å²) >= 11 is 0. The number of fused-ring (bicyclic) bond motifs is 1. The van der Waals surface area contributed by atoms with E-state index in [1.54, 1.807) is 19.1 Å². The standard InChI is InChI=1S/C18H27N3O3S.ClH/c1-13(22)21-10-8-14-2-7-18(12-15(14)9-11-21)25(23,24)20-17-5-3-16(19)4-6-17;/h2,7,12,16-17,20H,3-6,8-11,19H2,1H3;1H.